The van der Waals surface area contributed by atoms with Gasteiger partial charge < -0.3 is 0 Å². The minimum absolute atomic E-state index is 0.497. The molecule has 0 fully saturated rings. The van der Waals surface area contributed by atoms with E-state index in [-0.39, 0.29) is 0 Å². The molecular formula is C15H12F2S. The molecule has 1 heterocycles. The molecule has 2 aromatic carbocycles. The lowest BCUT2D eigenvalue weighted by atomic mass is 9.99. The summed E-state index contributed by atoms with van der Waals surface area (Å²) in [5, 5.41) is 0. The lowest BCUT2D eigenvalue weighted by Crippen LogP contribution is -1.98. The van der Waals surface area contributed by atoms with Crippen molar-refractivity contribution < 1.29 is 8.78 Å². The summed E-state index contributed by atoms with van der Waals surface area (Å²) >= 11 is 1.60. The Morgan fingerprint density at radius 3 is 2.72 bits per heavy atom. The van der Waals surface area contributed by atoms with Crippen LogP contribution in [-0.2, 0) is 12.2 Å². The summed E-state index contributed by atoms with van der Waals surface area (Å²) in [6, 6.07) is 9.05. The van der Waals surface area contributed by atoms with Crippen LogP contribution in [0, 0.1) is 18.6 Å². The SMILES string of the molecule is Cc1cccc2c1SCc1c(ccc(F)c1F)C2. The molecule has 3 rings (SSSR count). The number of aryl methyl sites for hydroxylation is 1. The van der Waals surface area contributed by atoms with E-state index in [0.29, 0.717) is 17.7 Å². The maximum Gasteiger partial charge on any atom is 0.163 e. The van der Waals surface area contributed by atoms with E-state index in [2.05, 4.69) is 19.1 Å². The molecule has 3 heteroatoms. The quantitative estimate of drug-likeness (QED) is 0.675. The zero-order valence-corrected chi connectivity index (χ0v) is 10.8. The van der Waals surface area contributed by atoms with Crippen molar-refractivity contribution in [2.75, 3.05) is 0 Å². The van der Waals surface area contributed by atoms with Gasteiger partial charge >= 0.3 is 0 Å². The third kappa shape index (κ3) is 1.83. The first-order valence-electron chi connectivity index (χ1n) is 5.84. The van der Waals surface area contributed by atoms with Gasteiger partial charge in [-0.15, -0.1) is 11.8 Å². The average molecular weight is 262 g/mol. The molecule has 0 aromatic heterocycles. The standard InChI is InChI=1S/C15H12F2S/c1-9-3-2-4-11-7-10-5-6-13(16)14(17)12(10)8-18-15(9)11/h2-6H,7-8H2,1H3. The van der Waals surface area contributed by atoms with Crippen LogP contribution in [0.2, 0.25) is 0 Å². The van der Waals surface area contributed by atoms with Crippen molar-refractivity contribution >= 4 is 11.8 Å². The minimum atomic E-state index is -0.753. The molecule has 0 saturated heterocycles. The van der Waals surface area contributed by atoms with Gasteiger partial charge in [-0.3, -0.25) is 0 Å². The molecule has 0 aliphatic carbocycles. The normalized spacial score (nSPS) is 13.7. The van der Waals surface area contributed by atoms with Crippen LogP contribution in [0.5, 0.6) is 0 Å². The largest absolute Gasteiger partial charge is 0.204 e. The van der Waals surface area contributed by atoms with Gasteiger partial charge in [0.05, 0.1) is 0 Å². The maximum atomic E-state index is 13.8. The van der Waals surface area contributed by atoms with Crippen LogP contribution in [0.4, 0.5) is 8.78 Å². The Labute approximate surface area is 109 Å². The maximum absolute atomic E-state index is 13.8. The number of benzene rings is 2. The summed E-state index contributed by atoms with van der Waals surface area (Å²) in [5.41, 5.74) is 3.80. The van der Waals surface area contributed by atoms with Gasteiger partial charge in [0.1, 0.15) is 0 Å². The summed E-state index contributed by atoms with van der Waals surface area (Å²) in [5.74, 6) is -0.945. The van der Waals surface area contributed by atoms with E-state index in [0.717, 1.165) is 5.56 Å². The van der Waals surface area contributed by atoms with Gasteiger partial charge in [-0.05, 0) is 36.1 Å². The fourth-order valence-corrected chi connectivity index (χ4v) is 3.58. The Kier molecular flexibility index (Phi) is 2.86. The molecule has 0 N–H and O–H groups in total. The molecule has 0 atom stereocenters. The van der Waals surface area contributed by atoms with Crippen molar-refractivity contribution in [2.45, 2.75) is 24.0 Å². The lowest BCUT2D eigenvalue weighted by Gasteiger charge is -2.07. The monoisotopic (exact) mass is 262 g/mol. The van der Waals surface area contributed by atoms with Crippen LogP contribution in [0.25, 0.3) is 0 Å². The van der Waals surface area contributed by atoms with Crippen LogP contribution in [0.1, 0.15) is 22.3 Å². The minimum Gasteiger partial charge on any atom is -0.204 e. The van der Waals surface area contributed by atoms with Gasteiger partial charge in [0.15, 0.2) is 11.6 Å². The number of hydrogen-bond acceptors (Lipinski definition) is 1. The number of halogens is 2. The molecule has 1 aliphatic heterocycles. The number of rotatable bonds is 0. The first-order valence-corrected chi connectivity index (χ1v) is 6.82. The Morgan fingerprint density at radius 1 is 1.06 bits per heavy atom. The number of hydrogen-bond donors (Lipinski definition) is 0. The highest BCUT2D eigenvalue weighted by molar-refractivity contribution is 7.98. The third-order valence-corrected chi connectivity index (χ3v) is 4.63. The van der Waals surface area contributed by atoms with E-state index in [1.165, 1.54) is 22.1 Å². The smallest absolute Gasteiger partial charge is 0.163 e. The van der Waals surface area contributed by atoms with Crippen LogP contribution in [0.15, 0.2) is 35.2 Å². The molecule has 1 aliphatic rings. The topological polar surface area (TPSA) is 0 Å². The van der Waals surface area contributed by atoms with Crippen LogP contribution < -0.4 is 0 Å². The highest BCUT2D eigenvalue weighted by Gasteiger charge is 2.19. The van der Waals surface area contributed by atoms with Gasteiger partial charge in [-0.25, -0.2) is 8.78 Å². The molecule has 92 valence electrons. The fraction of sp³-hybridized carbons (Fsp3) is 0.200. The van der Waals surface area contributed by atoms with Crippen molar-refractivity contribution in [2.24, 2.45) is 0 Å². The molecule has 0 saturated carbocycles. The van der Waals surface area contributed by atoms with E-state index < -0.39 is 11.6 Å². The highest BCUT2D eigenvalue weighted by Crippen LogP contribution is 2.37. The van der Waals surface area contributed by atoms with Crippen LogP contribution in [-0.4, -0.2) is 0 Å². The van der Waals surface area contributed by atoms with Gasteiger partial charge in [-0.1, -0.05) is 24.3 Å². The van der Waals surface area contributed by atoms with E-state index in [4.69, 9.17) is 0 Å². The van der Waals surface area contributed by atoms with Crippen molar-refractivity contribution in [3.8, 4) is 0 Å². The summed E-state index contributed by atoms with van der Waals surface area (Å²) in [6.07, 6.45) is 0.677. The average Bonchev–Trinajstić information content (AvgIpc) is 2.54. The summed E-state index contributed by atoms with van der Waals surface area (Å²) < 4.78 is 27.1. The summed E-state index contributed by atoms with van der Waals surface area (Å²) in [6.45, 7) is 2.05. The van der Waals surface area contributed by atoms with Crippen LogP contribution in [0.3, 0.4) is 0 Å². The molecule has 0 spiro atoms. The lowest BCUT2D eigenvalue weighted by molar-refractivity contribution is 0.501. The Bertz CT molecular complexity index is 620. The van der Waals surface area contributed by atoms with Gasteiger partial charge in [0.2, 0.25) is 0 Å². The molecule has 0 bridgehead atoms. The fourth-order valence-electron chi connectivity index (χ4n) is 2.36. The molecule has 0 nitrogen and oxygen atoms in total. The molecule has 18 heavy (non-hydrogen) atoms. The van der Waals surface area contributed by atoms with Gasteiger partial charge in [0.25, 0.3) is 0 Å². The predicted octanol–water partition coefficient (Wildman–Crippen LogP) is 4.47. The zero-order chi connectivity index (χ0) is 12.7. The Balaban J connectivity index is 2.14. The van der Waals surface area contributed by atoms with Crippen molar-refractivity contribution in [1.29, 1.82) is 0 Å². The molecule has 0 amide bonds. The van der Waals surface area contributed by atoms with Crippen molar-refractivity contribution in [1.82, 2.24) is 0 Å². The second kappa shape index (κ2) is 4.39. The molecule has 0 unspecified atom stereocenters. The first kappa shape index (κ1) is 11.7. The van der Waals surface area contributed by atoms with E-state index in [1.807, 2.05) is 6.07 Å². The van der Waals surface area contributed by atoms with Crippen molar-refractivity contribution in [3.05, 3.63) is 64.2 Å². The van der Waals surface area contributed by atoms with Crippen molar-refractivity contribution in [3.63, 3.8) is 0 Å². The summed E-state index contributed by atoms with van der Waals surface area (Å²) in [7, 11) is 0. The van der Waals surface area contributed by atoms with E-state index >= 15 is 0 Å². The second-order valence-corrected chi connectivity index (χ2v) is 5.51. The highest BCUT2D eigenvalue weighted by atomic mass is 32.2. The third-order valence-electron chi connectivity index (χ3n) is 3.33. The van der Waals surface area contributed by atoms with Gasteiger partial charge in [0, 0.05) is 16.2 Å². The predicted molar refractivity (Wildman–Crippen MR) is 69.9 cm³/mol. The Hall–Kier alpha value is -1.35. The van der Waals surface area contributed by atoms with E-state index in [9.17, 15) is 8.78 Å². The Morgan fingerprint density at radius 2 is 1.89 bits per heavy atom. The zero-order valence-electron chi connectivity index (χ0n) is 9.97. The molecular weight excluding hydrogens is 250 g/mol. The number of fused-ring (bicyclic) bond motifs is 2. The second-order valence-electron chi connectivity index (χ2n) is 4.53. The molecule has 2 aromatic rings. The molecule has 0 radical (unpaired) electrons. The van der Waals surface area contributed by atoms with E-state index in [1.54, 1.807) is 17.8 Å². The summed E-state index contributed by atoms with van der Waals surface area (Å²) in [4.78, 5) is 1.20. The van der Waals surface area contributed by atoms with Crippen LogP contribution >= 0.6 is 11.8 Å². The number of thioether (sulfide) groups is 1. The van der Waals surface area contributed by atoms with Gasteiger partial charge in [-0.2, -0.15) is 0 Å². The first-order chi connectivity index (χ1) is 8.66.